The summed E-state index contributed by atoms with van der Waals surface area (Å²) in [5.41, 5.74) is -0.902. The van der Waals surface area contributed by atoms with Crippen LogP contribution in [-0.2, 0) is 28.5 Å². The lowest BCUT2D eigenvalue weighted by molar-refractivity contribution is -0.138. The number of para-hydroxylation sites is 2. The summed E-state index contributed by atoms with van der Waals surface area (Å²) >= 11 is 0. The molecule has 47 heavy (non-hydrogen) atoms. The van der Waals surface area contributed by atoms with Crippen LogP contribution in [0.15, 0.2) is 60.7 Å². The Bertz CT molecular complexity index is 1350. The Morgan fingerprint density at radius 2 is 1.19 bits per heavy atom. The molecule has 0 saturated heterocycles. The summed E-state index contributed by atoms with van der Waals surface area (Å²) in [6.07, 6.45) is -2.53. The summed E-state index contributed by atoms with van der Waals surface area (Å²) in [6, 6.07) is 13.4. The molecule has 3 atom stereocenters. The topological polar surface area (TPSA) is 207 Å². The van der Waals surface area contributed by atoms with Gasteiger partial charge in [-0.15, -0.1) is 0 Å². The van der Waals surface area contributed by atoms with Crippen molar-refractivity contribution in [3.63, 3.8) is 0 Å². The number of nitrogens with one attached hydrogen (secondary N) is 3. The van der Waals surface area contributed by atoms with E-state index in [1.165, 1.54) is 24.3 Å². The number of hydrogen-bond donors (Lipinski definition) is 5. The second kappa shape index (κ2) is 17.9. The van der Waals surface area contributed by atoms with Crippen molar-refractivity contribution in [2.45, 2.75) is 90.2 Å². The minimum Gasteiger partial charge on any atom is -0.481 e. The van der Waals surface area contributed by atoms with Gasteiger partial charge in [0.05, 0.1) is 0 Å². The van der Waals surface area contributed by atoms with Gasteiger partial charge in [0, 0.05) is 12.8 Å². The van der Waals surface area contributed by atoms with Gasteiger partial charge in [-0.05, 0) is 70.2 Å². The highest BCUT2D eigenvalue weighted by Crippen LogP contribution is 2.53. The van der Waals surface area contributed by atoms with Crippen LogP contribution in [0, 0.1) is 5.92 Å². The number of alkyl carbamates (subject to hydrolysis) is 1. The van der Waals surface area contributed by atoms with Gasteiger partial charge in [0.25, 0.3) is 0 Å². The van der Waals surface area contributed by atoms with Crippen LogP contribution < -0.4 is 25.0 Å². The van der Waals surface area contributed by atoms with Crippen molar-refractivity contribution in [1.82, 2.24) is 16.0 Å². The Kier molecular flexibility index (Phi) is 14.7. The second-order valence-electron chi connectivity index (χ2n) is 12.1. The molecule has 1 unspecified atom stereocenters. The Morgan fingerprint density at radius 3 is 1.64 bits per heavy atom. The fourth-order valence-corrected chi connectivity index (χ4v) is 6.05. The third-order valence-electron chi connectivity index (χ3n) is 6.27. The van der Waals surface area contributed by atoms with E-state index in [0.29, 0.717) is 0 Å². The number of benzene rings is 2. The zero-order valence-electron chi connectivity index (χ0n) is 27.1. The lowest BCUT2D eigenvalue weighted by atomic mass is 10.0. The number of carboxylic acids is 2. The van der Waals surface area contributed by atoms with Gasteiger partial charge in [0.1, 0.15) is 29.2 Å². The predicted molar refractivity (Wildman–Crippen MR) is 172 cm³/mol. The molecule has 0 fully saturated rings. The van der Waals surface area contributed by atoms with E-state index in [1.807, 2.05) is 0 Å². The maximum Gasteiger partial charge on any atom is 0.452 e. The van der Waals surface area contributed by atoms with Gasteiger partial charge in [-0.1, -0.05) is 50.2 Å². The van der Waals surface area contributed by atoms with Crippen LogP contribution in [0.5, 0.6) is 11.5 Å². The fourth-order valence-electron chi connectivity index (χ4n) is 4.20. The summed E-state index contributed by atoms with van der Waals surface area (Å²) < 4.78 is 31.4. The summed E-state index contributed by atoms with van der Waals surface area (Å²) in [7, 11) is -4.42. The highest BCUT2D eigenvalue weighted by molar-refractivity contribution is 7.55. The quantitative estimate of drug-likeness (QED) is 0.134. The Balaban J connectivity index is 2.42. The number of hydrogen-bond acceptors (Lipinski definition) is 9. The van der Waals surface area contributed by atoms with E-state index in [2.05, 4.69) is 16.0 Å². The molecule has 0 heterocycles. The molecule has 0 spiro atoms. The molecule has 0 aliphatic carbocycles. The smallest absolute Gasteiger partial charge is 0.452 e. The van der Waals surface area contributed by atoms with Crippen LogP contribution in [0.25, 0.3) is 0 Å². The molecular formula is C32H44N3O11P. The van der Waals surface area contributed by atoms with Gasteiger partial charge in [0.2, 0.25) is 11.8 Å². The van der Waals surface area contributed by atoms with E-state index in [4.69, 9.17) is 13.8 Å². The van der Waals surface area contributed by atoms with Gasteiger partial charge >= 0.3 is 25.6 Å². The molecule has 3 amide bonds. The Hall–Kier alpha value is -4.58. The molecule has 0 aliphatic rings. The molecule has 2 aromatic rings. The van der Waals surface area contributed by atoms with Crippen LogP contribution in [-0.4, -0.2) is 63.5 Å². The predicted octanol–water partition coefficient (Wildman–Crippen LogP) is 4.93. The zero-order valence-corrected chi connectivity index (χ0v) is 28.0. The third kappa shape index (κ3) is 14.6. The molecule has 0 radical (unpaired) electrons. The van der Waals surface area contributed by atoms with Crippen LogP contribution in [0.1, 0.15) is 66.7 Å². The van der Waals surface area contributed by atoms with E-state index < -0.39 is 73.8 Å². The van der Waals surface area contributed by atoms with Crippen molar-refractivity contribution in [3.8, 4) is 11.5 Å². The number of ether oxygens (including phenoxy) is 1. The van der Waals surface area contributed by atoms with Crippen molar-refractivity contribution >= 4 is 37.4 Å². The van der Waals surface area contributed by atoms with Crippen LogP contribution >= 0.6 is 7.60 Å². The summed E-state index contributed by atoms with van der Waals surface area (Å²) in [6.45, 7) is 8.42. The Morgan fingerprint density at radius 1 is 0.723 bits per heavy atom. The molecule has 2 rings (SSSR count). The molecule has 2 aromatic carbocycles. The number of amides is 3. The average molecular weight is 678 g/mol. The minimum absolute atomic E-state index is 0.0741. The van der Waals surface area contributed by atoms with Crippen molar-refractivity contribution in [3.05, 3.63) is 60.7 Å². The first kappa shape index (κ1) is 38.6. The number of rotatable bonds is 18. The SMILES string of the molecule is CC(C)C[C@H](NC(=O)[C@H](CCC(=O)O)NC(=O)OC(C)(C)C)C(=O)NC(CCC(=O)O)P(=O)(Oc1ccccc1)Oc1ccccc1. The third-order valence-corrected chi connectivity index (χ3v) is 8.35. The van der Waals surface area contributed by atoms with E-state index >= 15 is 0 Å². The van der Waals surface area contributed by atoms with E-state index in [9.17, 15) is 38.8 Å². The first-order chi connectivity index (χ1) is 22.0. The van der Waals surface area contributed by atoms with Gasteiger partial charge in [-0.3, -0.25) is 19.2 Å². The molecular weight excluding hydrogens is 633 g/mol. The van der Waals surface area contributed by atoms with Crippen molar-refractivity contribution in [2.24, 2.45) is 5.92 Å². The lowest BCUT2D eigenvalue weighted by Gasteiger charge is -2.30. The largest absolute Gasteiger partial charge is 0.481 e. The number of carbonyl (C=O) groups excluding carboxylic acids is 3. The lowest BCUT2D eigenvalue weighted by Crippen LogP contribution is -2.55. The molecule has 15 heteroatoms. The maximum atomic E-state index is 14.5. The summed E-state index contributed by atoms with van der Waals surface area (Å²) in [5.74, 6) is -5.48. The van der Waals surface area contributed by atoms with Crippen molar-refractivity contribution in [1.29, 1.82) is 0 Å². The summed E-state index contributed by atoms with van der Waals surface area (Å²) in [5, 5.41) is 26.2. The normalized spacial score (nSPS) is 13.4. The van der Waals surface area contributed by atoms with Crippen molar-refractivity contribution in [2.75, 3.05) is 0 Å². The van der Waals surface area contributed by atoms with Gasteiger partial charge < -0.3 is 39.9 Å². The number of carbonyl (C=O) groups is 5. The van der Waals surface area contributed by atoms with Crippen molar-refractivity contribution < 1.29 is 52.5 Å². The number of carboxylic acid groups (broad SMARTS) is 2. The molecule has 258 valence electrons. The monoisotopic (exact) mass is 677 g/mol. The fraction of sp³-hybridized carbons (Fsp3) is 0.469. The second-order valence-corrected chi connectivity index (χ2v) is 14.2. The average Bonchev–Trinajstić information content (AvgIpc) is 2.96. The van der Waals surface area contributed by atoms with Crippen LogP contribution in [0.3, 0.4) is 0 Å². The van der Waals surface area contributed by atoms with E-state index in [1.54, 1.807) is 71.0 Å². The van der Waals surface area contributed by atoms with Crippen LogP contribution in [0.2, 0.25) is 0 Å². The molecule has 5 N–H and O–H groups in total. The van der Waals surface area contributed by atoms with Gasteiger partial charge in [-0.25, -0.2) is 9.36 Å². The first-order valence-corrected chi connectivity index (χ1v) is 16.7. The number of aliphatic carboxylic acids is 2. The molecule has 0 aromatic heterocycles. The van der Waals surface area contributed by atoms with Gasteiger partial charge in [0.15, 0.2) is 5.78 Å². The Labute approximate surface area is 274 Å². The minimum atomic E-state index is -4.42. The molecule has 0 saturated carbocycles. The molecule has 14 nitrogen and oxygen atoms in total. The summed E-state index contributed by atoms with van der Waals surface area (Å²) in [4.78, 5) is 62.5. The van der Waals surface area contributed by atoms with E-state index in [-0.39, 0.29) is 36.7 Å². The maximum absolute atomic E-state index is 14.5. The van der Waals surface area contributed by atoms with Gasteiger partial charge in [-0.2, -0.15) is 0 Å². The molecule has 0 aliphatic heterocycles. The standard InChI is InChI=1S/C32H44N3O11P/c1-21(2)20-25(33-29(40)24(16-18-27(36)37)34-31(42)44-32(3,4)5)30(41)35-26(17-19-28(38)39)47(43,45-22-12-8-6-9-13-22)46-23-14-10-7-11-15-23/h6-15,21,24-26H,16-20H2,1-5H3,(H,33,40)(H,34,42)(H,35,41)(H,36,37)(H,38,39)/t24-,25-,26?/m0/s1. The highest BCUT2D eigenvalue weighted by Gasteiger charge is 2.42. The zero-order chi connectivity index (χ0) is 35.2. The first-order valence-electron chi connectivity index (χ1n) is 15.1. The van der Waals surface area contributed by atoms with E-state index in [0.717, 1.165) is 0 Å². The molecule has 0 bridgehead atoms. The van der Waals surface area contributed by atoms with Crippen LogP contribution in [0.4, 0.5) is 4.79 Å². The highest BCUT2D eigenvalue weighted by atomic mass is 31.2.